The smallest absolute Gasteiger partial charge is 0.280 e. The molecule has 0 bridgehead atoms. The maximum Gasteiger partial charge on any atom is 0.417 e. The minimum Gasteiger partial charge on any atom is -0.280 e. The molecule has 0 spiro atoms. The average Bonchev–Trinajstić information content (AvgIpc) is 2.62. The van der Waals surface area contributed by atoms with Crippen molar-refractivity contribution in [2.45, 2.75) is 29.8 Å². The zero-order valence-corrected chi connectivity index (χ0v) is 16.7. The van der Waals surface area contributed by atoms with Gasteiger partial charge in [0.05, 0.1) is 15.4 Å². The van der Waals surface area contributed by atoms with Crippen LogP contribution in [0.1, 0.15) is 19.4 Å². The van der Waals surface area contributed by atoms with Crippen molar-refractivity contribution in [3.63, 3.8) is 0 Å². The van der Waals surface area contributed by atoms with Crippen molar-refractivity contribution in [1.82, 2.24) is 4.31 Å². The van der Waals surface area contributed by atoms with E-state index in [2.05, 4.69) is 0 Å². The van der Waals surface area contributed by atoms with Gasteiger partial charge in [0.1, 0.15) is 0 Å². The molecule has 0 amide bonds. The number of anilines is 1. The first-order valence-corrected chi connectivity index (χ1v) is 11.1. The Kier molecular flexibility index (Phi) is 6.41. The van der Waals surface area contributed by atoms with Gasteiger partial charge in [0.2, 0.25) is 10.0 Å². The Labute approximate surface area is 162 Å². The Hall–Kier alpha value is -2.11. The van der Waals surface area contributed by atoms with Crippen molar-refractivity contribution in [3.05, 3.63) is 54.1 Å². The standard InChI is InChI=1S/C17H19F3N2O4S2/c1-3-22(4-2)28(25,26)14-11-9-13(10-12-14)21-27(23,24)16-8-6-5-7-15(16)17(18,19)20/h5-12,21H,3-4H2,1-2H3. The molecule has 0 fully saturated rings. The monoisotopic (exact) mass is 436 g/mol. The molecular formula is C17H19F3N2O4S2. The molecule has 0 unspecified atom stereocenters. The quantitative estimate of drug-likeness (QED) is 0.720. The Morgan fingerprint density at radius 3 is 1.93 bits per heavy atom. The number of alkyl halides is 3. The summed E-state index contributed by atoms with van der Waals surface area (Å²) in [5, 5.41) is 0. The molecule has 0 aliphatic heterocycles. The predicted octanol–water partition coefficient (Wildman–Crippen LogP) is 3.54. The first-order valence-electron chi connectivity index (χ1n) is 8.22. The lowest BCUT2D eigenvalue weighted by atomic mass is 10.2. The molecule has 11 heteroatoms. The number of nitrogens with zero attached hydrogens (tertiary/aromatic N) is 1. The van der Waals surface area contributed by atoms with Crippen LogP contribution in [0, 0.1) is 0 Å². The Bertz CT molecular complexity index is 1030. The van der Waals surface area contributed by atoms with Crippen molar-refractivity contribution in [2.75, 3.05) is 17.8 Å². The SMILES string of the molecule is CCN(CC)S(=O)(=O)c1ccc(NS(=O)(=O)c2ccccc2C(F)(F)F)cc1. The average molecular weight is 436 g/mol. The highest BCUT2D eigenvalue weighted by Gasteiger charge is 2.37. The number of halogens is 3. The Morgan fingerprint density at radius 1 is 0.893 bits per heavy atom. The van der Waals surface area contributed by atoms with Crippen molar-refractivity contribution in [1.29, 1.82) is 0 Å². The van der Waals surface area contributed by atoms with Gasteiger partial charge in [0, 0.05) is 18.8 Å². The third-order valence-electron chi connectivity index (χ3n) is 3.93. The molecule has 0 aromatic heterocycles. The van der Waals surface area contributed by atoms with Crippen LogP contribution in [0.5, 0.6) is 0 Å². The molecule has 2 aromatic rings. The highest BCUT2D eigenvalue weighted by Crippen LogP contribution is 2.34. The van der Waals surface area contributed by atoms with Crippen LogP contribution in [0.15, 0.2) is 58.3 Å². The molecule has 0 radical (unpaired) electrons. The fourth-order valence-electron chi connectivity index (χ4n) is 2.55. The van der Waals surface area contributed by atoms with E-state index < -0.39 is 36.7 Å². The van der Waals surface area contributed by atoms with Crippen LogP contribution in [0.25, 0.3) is 0 Å². The van der Waals surface area contributed by atoms with Gasteiger partial charge in [0.25, 0.3) is 10.0 Å². The summed E-state index contributed by atoms with van der Waals surface area (Å²) in [6, 6.07) is 8.56. The molecule has 2 rings (SSSR count). The van der Waals surface area contributed by atoms with Crippen LogP contribution in [0.3, 0.4) is 0 Å². The minimum atomic E-state index is -4.84. The number of hydrogen-bond donors (Lipinski definition) is 1. The highest BCUT2D eigenvalue weighted by atomic mass is 32.2. The summed E-state index contributed by atoms with van der Waals surface area (Å²) in [5.74, 6) is 0. The van der Waals surface area contributed by atoms with E-state index in [1.54, 1.807) is 13.8 Å². The highest BCUT2D eigenvalue weighted by molar-refractivity contribution is 7.92. The third kappa shape index (κ3) is 4.65. The summed E-state index contributed by atoms with van der Waals surface area (Å²) in [6.07, 6.45) is -4.84. The first-order chi connectivity index (χ1) is 12.9. The zero-order valence-electron chi connectivity index (χ0n) is 15.1. The lowest BCUT2D eigenvalue weighted by Gasteiger charge is -2.18. The fourth-order valence-corrected chi connectivity index (χ4v) is 5.30. The lowest BCUT2D eigenvalue weighted by Crippen LogP contribution is -2.30. The number of sulfonamides is 2. The van der Waals surface area contributed by atoms with Crippen molar-refractivity contribution in [2.24, 2.45) is 0 Å². The maximum atomic E-state index is 13.1. The zero-order chi connectivity index (χ0) is 21.2. The van der Waals surface area contributed by atoms with Crippen molar-refractivity contribution in [3.8, 4) is 0 Å². The van der Waals surface area contributed by atoms with Crippen molar-refractivity contribution >= 4 is 25.7 Å². The van der Waals surface area contributed by atoms with Gasteiger partial charge in [-0.3, -0.25) is 4.72 Å². The third-order valence-corrected chi connectivity index (χ3v) is 7.44. The summed E-state index contributed by atoms with van der Waals surface area (Å²) in [4.78, 5) is -0.961. The van der Waals surface area contributed by atoms with Gasteiger partial charge in [-0.15, -0.1) is 0 Å². The first kappa shape index (κ1) is 22.2. The molecule has 0 atom stereocenters. The topological polar surface area (TPSA) is 83.6 Å². The summed E-state index contributed by atoms with van der Waals surface area (Å²) in [5.41, 5.74) is -1.35. The molecule has 0 saturated carbocycles. The van der Waals surface area contributed by atoms with Gasteiger partial charge in [-0.25, -0.2) is 16.8 Å². The number of nitrogens with one attached hydrogen (secondary N) is 1. The van der Waals surface area contributed by atoms with Gasteiger partial charge >= 0.3 is 6.18 Å². The van der Waals surface area contributed by atoms with Crippen LogP contribution in [0.4, 0.5) is 18.9 Å². The van der Waals surface area contributed by atoms with Gasteiger partial charge in [-0.2, -0.15) is 17.5 Å². The normalized spacial score (nSPS) is 12.9. The molecule has 0 aliphatic rings. The van der Waals surface area contributed by atoms with E-state index in [0.717, 1.165) is 12.1 Å². The van der Waals surface area contributed by atoms with Crippen LogP contribution in [0.2, 0.25) is 0 Å². The second-order valence-corrected chi connectivity index (χ2v) is 9.30. The molecular weight excluding hydrogens is 417 g/mol. The molecule has 0 heterocycles. The lowest BCUT2D eigenvalue weighted by molar-refractivity contribution is -0.139. The molecule has 0 saturated heterocycles. The largest absolute Gasteiger partial charge is 0.417 e. The number of benzene rings is 2. The van der Waals surface area contributed by atoms with E-state index >= 15 is 0 Å². The Morgan fingerprint density at radius 2 is 1.43 bits per heavy atom. The summed E-state index contributed by atoms with van der Waals surface area (Å²) >= 11 is 0. The number of rotatable bonds is 7. The predicted molar refractivity (Wildman–Crippen MR) is 98.8 cm³/mol. The molecule has 1 N–H and O–H groups in total. The van der Waals surface area contributed by atoms with Crippen LogP contribution >= 0.6 is 0 Å². The molecule has 0 aliphatic carbocycles. The molecule has 6 nitrogen and oxygen atoms in total. The minimum absolute atomic E-state index is 0.0464. The van der Waals surface area contributed by atoms with Gasteiger partial charge < -0.3 is 0 Å². The van der Waals surface area contributed by atoms with Gasteiger partial charge in [-0.05, 0) is 36.4 Å². The van der Waals surface area contributed by atoms with E-state index in [1.807, 2.05) is 4.72 Å². The van der Waals surface area contributed by atoms with E-state index in [1.165, 1.54) is 34.6 Å². The van der Waals surface area contributed by atoms with Crippen LogP contribution in [-0.4, -0.2) is 34.2 Å². The fraction of sp³-hybridized carbons (Fsp3) is 0.294. The second-order valence-electron chi connectivity index (χ2n) is 5.71. The molecule has 28 heavy (non-hydrogen) atoms. The van der Waals surface area contributed by atoms with E-state index in [9.17, 15) is 30.0 Å². The second kappa shape index (κ2) is 8.10. The van der Waals surface area contributed by atoms with E-state index in [0.29, 0.717) is 6.07 Å². The van der Waals surface area contributed by atoms with E-state index in [4.69, 9.17) is 0 Å². The molecule has 154 valence electrons. The molecule has 2 aromatic carbocycles. The van der Waals surface area contributed by atoms with Crippen LogP contribution < -0.4 is 4.72 Å². The maximum absolute atomic E-state index is 13.1. The summed E-state index contributed by atoms with van der Waals surface area (Å²) < 4.78 is 92.2. The number of hydrogen-bond acceptors (Lipinski definition) is 4. The Balaban J connectivity index is 2.35. The van der Waals surface area contributed by atoms with Crippen LogP contribution in [-0.2, 0) is 26.2 Å². The van der Waals surface area contributed by atoms with Gasteiger partial charge in [-0.1, -0.05) is 26.0 Å². The van der Waals surface area contributed by atoms with Crippen molar-refractivity contribution < 1.29 is 30.0 Å². The van der Waals surface area contributed by atoms with Gasteiger partial charge in [0.15, 0.2) is 0 Å². The summed E-state index contributed by atoms with van der Waals surface area (Å²) in [6.45, 7) is 3.90. The summed E-state index contributed by atoms with van der Waals surface area (Å²) in [7, 11) is -8.26. The van der Waals surface area contributed by atoms with E-state index in [-0.39, 0.29) is 23.7 Å².